The molecule has 1 aliphatic heterocycles. The molecule has 1 aromatic heterocycles. The molecule has 150 valence electrons. The third kappa shape index (κ3) is 4.57. The van der Waals surface area contributed by atoms with Crippen molar-refractivity contribution in [3.05, 3.63) is 88.7 Å². The summed E-state index contributed by atoms with van der Waals surface area (Å²) in [5.41, 5.74) is 4.91. The van der Waals surface area contributed by atoms with Crippen LogP contribution in [0.25, 0.3) is 0 Å². The second-order valence-corrected chi connectivity index (χ2v) is 7.87. The number of rotatable bonds is 6. The van der Waals surface area contributed by atoms with Crippen molar-refractivity contribution in [2.24, 2.45) is 0 Å². The summed E-state index contributed by atoms with van der Waals surface area (Å²) in [6, 6.07) is 20.9. The summed E-state index contributed by atoms with van der Waals surface area (Å²) in [7, 11) is 0. The standard InChI is InChI=1S/C24H28N4O/c1-18-23(19(2)28(26-18)16-21-11-7-4-8-12-21)24(29)25-22-13-14-27(17-22)15-20-9-5-3-6-10-20/h3-12,22H,13-17H2,1-2H3,(H,25,29)/t22-/m0/s1. The Morgan fingerprint density at radius 1 is 1.00 bits per heavy atom. The summed E-state index contributed by atoms with van der Waals surface area (Å²) < 4.78 is 1.93. The molecular weight excluding hydrogens is 360 g/mol. The molecule has 0 radical (unpaired) electrons. The highest BCUT2D eigenvalue weighted by Crippen LogP contribution is 2.18. The monoisotopic (exact) mass is 388 g/mol. The summed E-state index contributed by atoms with van der Waals surface area (Å²) >= 11 is 0. The highest BCUT2D eigenvalue weighted by atomic mass is 16.1. The zero-order valence-electron chi connectivity index (χ0n) is 17.1. The van der Waals surface area contributed by atoms with Gasteiger partial charge >= 0.3 is 0 Å². The Labute approximate surface area is 172 Å². The summed E-state index contributed by atoms with van der Waals surface area (Å²) in [6.07, 6.45) is 0.981. The molecule has 3 aromatic rings. The van der Waals surface area contributed by atoms with Gasteiger partial charge in [0.15, 0.2) is 0 Å². The number of carbonyl (C=O) groups excluding carboxylic acids is 1. The van der Waals surface area contributed by atoms with Crippen LogP contribution in [0.4, 0.5) is 0 Å². The molecule has 0 unspecified atom stereocenters. The Morgan fingerprint density at radius 3 is 2.28 bits per heavy atom. The van der Waals surface area contributed by atoms with Crippen LogP contribution >= 0.6 is 0 Å². The minimum atomic E-state index is -0.00845. The van der Waals surface area contributed by atoms with Gasteiger partial charge in [-0.25, -0.2) is 0 Å². The Kier molecular flexibility index (Phi) is 5.76. The van der Waals surface area contributed by atoms with E-state index in [0.717, 1.165) is 37.4 Å². The molecule has 1 aliphatic rings. The van der Waals surface area contributed by atoms with Gasteiger partial charge in [0.1, 0.15) is 0 Å². The molecule has 1 amide bonds. The fourth-order valence-corrected chi connectivity index (χ4v) is 4.13. The number of amides is 1. The number of carbonyl (C=O) groups is 1. The summed E-state index contributed by atoms with van der Waals surface area (Å²) in [6.45, 7) is 7.39. The highest BCUT2D eigenvalue weighted by molar-refractivity contribution is 5.96. The fourth-order valence-electron chi connectivity index (χ4n) is 4.13. The average Bonchev–Trinajstić information content (AvgIpc) is 3.27. The molecule has 1 N–H and O–H groups in total. The molecule has 5 heteroatoms. The number of aromatic nitrogens is 2. The third-order valence-electron chi connectivity index (χ3n) is 5.64. The number of nitrogens with zero attached hydrogens (tertiary/aromatic N) is 3. The molecule has 0 bridgehead atoms. The SMILES string of the molecule is Cc1nn(Cc2ccccc2)c(C)c1C(=O)N[C@H]1CCN(Cc2ccccc2)C1. The topological polar surface area (TPSA) is 50.2 Å². The summed E-state index contributed by atoms with van der Waals surface area (Å²) in [5.74, 6) is -0.00845. The number of hydrogen-bond acceptors (Lipinski definition) is 3. The Balaban J connectivity index is 1.39. The maximum Gasteiger partial charge on any atom is 0.255 e. The number of nitrogens with one attached hydrogen (secondary N) is 1. The van der Waals surface area contributed by atoms with Crippen molar-refractivity contribution in [3.63, 3.8) is 0 Å². The van der Waals surface area contributed by atoms with E-state index in [0.29, 0.717) is 12.1 Å². The first-order valence-corrected chi connectivity index (χ1v) is 10.2. The van der Waals surface area contributed by atoms with Crippen LogP contribution in [0.5, 0.6) is 0 Å². The normalized spacial score (nSPS) is 16.8. The predicted molar refractivity (Wildman–Crippen MR) is 115 cm³/mol. The van der Waals surface area contributed by atoms with E-state index in [1.54, 1.807) is 0 Å². The van der Waals surface area contributed by atoms with E-state index in [-0.39, 0.29) is 11.9 Å². The van der Waals surface area contributed by atoms with Gasteiger partial charge in [0.25, 0.3) is 5.91 Å². The third-order valence-corrected chi connectivity index (χ3v) is 5.64. The quantitative estimate of drug-likeness (QED) is 0.703. The molecule has 0 saturated carbocycles. The smallest absolute Gasteiger partial charge is 0.255 e. The van der Waals surface area contributed by atoms with Gasteiger partial charge in [-0.15, -0.1) is 0 Å². The number of aryl methyl sites for hydroxylation is 1. The molecule has 2 aromatic carbocycles. The van der Waals surface area contributed by atoms with Crippen molar-refractivity contribution in [2.75, 3.05) is 13.1 Å². The lowest BCUT2D eigenvalue weighted by atomic mass is 10.1. The van der Waals surface area contributed by atoms with Gasteiger partial charge < -0.3 is 5.32 Å². The van der Waals surface area contributed by atoms with Gasteiger partial charge in [-0.3, -0.25) is 14.4 Å². The van der Waals surface area contributed by atoms with Crippen molar-refractivity contribution < 1.29 is 4.79 Å². The molecule has 2 heterocycles. The average molecular weight is 389 g/mol. The largest absolute Gasteiger partial charge is 0.348 e. The zero-order valence-corrected chi connectivity index (χ0v) is 17.1. The van der Waals surface area contributed by atoms with Crippen LogP contribution in [0.3, 0.4) is 0 Å². The van der Waals surface area contributed by atoms with Gasteiger partial charge in [0.05, 0.1) is 17.8 Å². The fraction of sp³-hybridized carbons (Fsp3) is 0.333. The van der Waals surface area contributed by atoms with Gasteiger partial charge in [0.2, 0.25) is 0 Å². The van der Waals surface area contributed by atoms with Crippen LogP contribution in [-0.4, -0.2) is 39.7 Å². The van der Waals surface area contributed by atoms with Crippen LogP contribution < -0.4 is 5.32 Å². The molecule has 29 heavy (non-hydrogen) atoms. The van der Waals surface area contributed by atoms with Crippen molar-refractivity contribution in [2.45, 2.75) is 39.4 Å². The molecule has 4 rings (SSSR count). The maximum absolute atomic E-state index is 13.0. The van der Waals surface area contributed by atoms with Crippen LogP contribution in [0, 0.1) is 13.8 Å². The minimum absolute atomic E-state index is 0.00845. The molecule has 1 saturated heterocycles. The lowest BCUT2D eigenvalue weighted by Gasteiger charge is -2.17. The first-order valence-electron chi connectivity index (χ1n) is 10.2. The Morgan fingerprint density at radius 2 is 1.62 bits per heavy atom. The van der Waals surface area contributed by atoms with Crippen LogP contribution in [-0.2, 0) is 13.1 Å². The first kappa shape index (κ1) is 19.4. The van der Waals surface area contributed by atoms with Crippen LogP contribution in [0.15, 0.2) is 60.7 Å². The van der Waals surface area contributed by atoms with Crippen molar-refractivity contribution in [3.8, 4) is 0 Å². The van der Waals surface area contributed by atoms with Crippen molar-refractivity contribution >= 4 is 5.91 Å². The molecule has 1 fully saturated rings. The van der Waals surface area contributed by atoms with E-state index in [9.17, 15) is 4.79 Å². The summed E-state index contributed by atoms with van der Waals surface area (Å²) in [4.78, 5) is 15.4. The minimum Gasteiger partial charge on any atom is -0.348 e. The second-order valence-electron chi connectivity index (χ2n) is 7.87. The predicted octanol–water partition coefficient (Wildman–Crippen LogP) is 3.55. The lowest BCUT2D eigenvalue weighted by molar-refractivity contribution is 0.0936. The lowest BCUT2D eigenvalue weighted by Crippen LogP contribution is -2.37. The van der Waals surface area contributed by atoms with Crippen LogP contribution in [0.1, 0.15) is 39.3 Å². The van der Waals surface area contributed by atoms with E-state index in [4.69, 9.17) is 0 Å². The first-order chi connectivity index (χ1) is 14.1. The van der Waals surface area contributed by atoms with E-state index >= 15 is 0 Å². The number of hydrogen-bond donors (Lipinski definition) is 1. The molecule has 5 nitrogen and oxygen atoms in total. The van der Waals surface area contributed by atoms with E-state index in [1.165, 1.54) is 11.1 Å². The Hall–Kier alpha value is -2.92. The summed E-state index contributed by atoms with van der Waals surface area (Å²) in [5, 5.41) is 7.85. The van der Waals surface area contributed by atoms with Gasteiger partial charge in [-0.1, -0.05) is 60.7 Å². The molecule has 0 spiro atoms. The Bertz CT molecular complexity index is 965. The van der Waals surface area contributed by atoms with Gasteiger partial charge in [-0.2, -0.15) is 5.10 Å². The van der Waals surface area contributed by atoms with E-state index in [1.807, 2.05) is 42.8 Å². The van der Waals surface area contributed by atoms with E-state index in [2.05, 4.69) is 51.7 Å². The molecular formula is C24H28N4O. The van der Waals surface area contributed by atoms with Crippen molar-refractivity contribution in [1.82, 2.24) is 20.0 Å². The van der Waals surface area contributed by atoms with Gasteiger partial charge in [-0.05, 0) is 31.4 Å². The van der Waals surface area contributed by atoms with Crippen molar-refractivity contribution in [1.29, 1.82) is 0 Å². The molecule has 1 atom stereocenters. The maximum atomic E-state index is 13.0. The number of likely N-dealkylation sites (tertiary alicyclic amines) is 1. The van der Waals surface area contributed by atoms with E-state index < -0.39 is 0 Å². The highest BCUT2D eigenvalue weighted by Gasteiger charge is 2.26. The van der Waals surface area contributed by atoms with Gasteiger partial charge in [0, 0.05) is 31.4 Å². The van der Waals surface area contributed by atoms with Crippen LogP contribution in [0.2, 0.25) is 0 Å². The molecule has 0 aliphatic carbocycles. The second kappa shape index (κ2) is 8.62. The zero-order chi connectivity index (χ0) is 20.2. The number of benzene rings is 2.